The summed E-state index contributed by atoms with van der Waals surface area (Å²) in [4.78, 5) is 41.9. The number of hydrogen-bond acceptors (Lipinski definition) is 7. The fraction of sp³-hybridized carbons (Fsp3) is 0.286. The minimum Gasteiger partial charge on any atom is -0.493 e. The van der Waals surface area contributed by atoms with E-state index in [1.807, 2.05) is 22.4 Å². The lowest BCUT2D eigenvalue weighted by molar-refractivity contribution is 0.0621. The number of thiophene rings is 1. The van der Waals surface area contributed by atoms with Gasteiger partial charge in [0.2, 0.25) is 0 Å². The van der Waals surface area contributed by atoms with Crippen LogP contribution in [0.15, 0.2) is 51.0 Å². The molecule has 0 bridgehead atoms. The van der Waals surface area contributed by atoms with E-state index in [1.165, 1.54) is 18.4 Å². The van der Waals surface area contributed by atoms with E-state index >= 15 is 0 Å². The highest BCUT2D eigenvalue weighted by atomic mass is 32.1. The molecule has 0 saturated carbocycles. The number of piperazine rings is 1. The maximum Gasteiger partial charge on any atom is 0.349 e. The van der Waals surface area contributed by atoms with Gasteiger partial charge >= 0.3 is 5.63 Å². The molecule has 0 aliphatic carbocycles. The number of para-hydroxylation sites is 1. The van der Waals surface area contributed by atoms with Crippen molar-refractivity contribution < 1.29 is 18.7 Å². The predicted octanol–water partition coefficient (Wildman–Crippen LogP) is 2.50. The Morgan fingerprint density at radius 3 is 2.62 bits per heavy atom. The maximum atomic E-state index is 12.9. The first-order valence-corrected chi connectivity index (χ1v) is 10.1. The average Bonchev–Trinajstić information content (AvgIpc) is 3.28. The van der Waals surface area contributed by atoms with E-state index in [1.54, 1.807) is 29.2 Å². The van der Waals surface area contributed by atoms with Crippen molar-refractivity contribution in [1.82, 2.24) is 9.80 Å². The van der Waals surface area contributed by atoms with Crippen molar-refractivity contribution >= 4 is 34.0 Å². The Morgan fingerprint density at radius 2 is 1.93 bits per heavy atom. The Hall–Kier alpha value is -2.97. The van der Waals surface area contributed by atoms with Crippen LogP contribution >= 0.6 is 11.3 Å². The minimum atomic E-state index is -0.678. The van der Waals surface area contributed by atoms with Gasteiger partial charge < -0.3 is 14.1 Å². The van der Waals surface area contributed by atoms with Crippen LogP contribution < -0.4 is 10.4 Å². The fourth-order valence-electron chi connectivity index (χ4n) is 3.43. The molecule has 0 N–H and O–H groups in total. The molecule has 3 aromatic rings. The van der Waals surface area contributed by atoms with Gasteiger partial charge in [0.15, 0.2) is 17.1 Å². The van der Waals surface area contributed by atoms with Gasteiger partial charge in [-0.25, -0.2) is 4.79 Å². The molecule has 1 fully saturated rings. The molecule has 150 valence electrons. The molecule has 1 amide bonds. The topological polar surface area (TPSA) is 80.1 Å². The summed E-state index contributed by atoms with van der Waals surface area (Å²) in [5.41, 5.74) is -0.343. The van der Waals surface area contributed by atoms with E-state index in [4.69, 9.17) is 9.15 Å². The van der Waals surface area contributed by atoms with Crippen LogP contribution in [0, 0.1) is 0 Å². The third-order valence-electron chi connectivity index (χ3n) is 5.00. The Kier molecular flexibility index (Phi) is 5.46. The highest BCUT2D eigenvalue weighted by Crippen LogP contribution is 2.24. The Labute approximate surface area is 171 Å². The van der Waals surface area contributed by atoms with Gasteiger partial charge in [-0.15, -0.1) is 11.3 Å². The van der Waals surface area contributed by atoms with Gasteiger partial charge in [-0.05, 0) is 23.6 Å². The molecule has 1 aromatic carbocycles. The largest absolute Gasteiger partial charge is 0.493 e. The van der Waals surface area contributed by atoms with Gasteiger partial charge in [0.25, 0.3) is 5.91 Å². The summed E-state index contributed by atoms with van der Waals surface area (Å²) in [7, 11) is 1.50. The third kappa shape index (κ3) is 3.94. The summed E-state index contributed by atoms with van der Waals surface area (Å²) >= 11 is 1.43. The van der Waals surface area contributed by atoms with Crippen LogP contribution in [-0.2, 0) is 0 Å². The number of ketones is 1. The number of benzene rings is 1. The van der Waals surface area contributed by atoms with Gasteiger partial charge in [-0.3, -0.25) is 14.5 Å². The number of nitrogens with zero attached hydrogens (tertiary/aromatic N) is 2. The molecule has 3 heterocycles. The summed E-state index contributed by atoms with van der Waals surface area (Å²) < 4.78 is 10.6. The van der Waals surface area contributed by atoms with E-state index in [2.05, 4.69) is 0 Å². The van der Waals surface area contributed by atoms with E-state index in [0.29, 0.717) is 49.4 Å². The molecule has 0 spiro atoms. The lowest BCUT2D eigenvalue weighted by Gasteiger charge is -2.34. The lowest BCUT2D eigenvalue weighted by Crippen LogP contribution is -2.50. The quantitative estimate of drug-likeness (QED) is 0.473. The molecular weight excluding hydrogens is 392 g/mol. The van der Waals surface area contributed by atoms with Crippen molar-refractivity contribution in [2.45, 2.75) is 0 Å². The number of amides is 1. The first-order valence-electron chi connectivity index (χ1n) is 9.26. The van der Waals surface area contributed by atoms with Crippen LogP contribution in [-0.4, -0.2) is 61.3 Å². The van der Waals surface area contributed by atoms with Crippen molar-refractivity contribution in [2.75, 3.05) is 39.8 Å². The van der Waals surface area contributed by atoms with Crippen LogP contribution in [0.4, 0.5) is 0 Å². The van der Waals surface area contributed by atoms with Crippen LogP contribution in [0.25, 0.3) is 11.0 Å². The van der Waals surface area contributed by atoms with E-state index in [-0.39, 0.29) is 17.3 Å². The molecule has 29 heavy (non-hydrogen) atoms. The summed E-state index contributed by atoms with van der Waals surface area (Å²) in [6.07, 6.45) is 0. The van der Waals surface area contributed by atoms with E-state index in [9.17, 15) is 14.4 Å². The number of fused-ring (bicyclic) bond motifs is 1. The number of Topliss-reactive ketones (excluding diaryl/α,β-unsaturated/α-hetero) is 1. The smallest absolute Gasteiger partial charge is 0.349 e. The first kappa shape index (κ1) is 19.4. The zero-order valence-electron chi connectivity index (χ0n) is 15.9. The molecular formula is C21H20N2O5S. The van der Waals surface area contributed by atoms with Gasteiger partial charge in [0, 0.05) is 31.6 Å². The molecule has 1 aliphatic heterocycles. The first-order chi connectivity index (χ1) is 14.1. The van der Waals surface area contributed by atoms with Gasteiger partial charge in [-0.2, -0.15) is 0 Å². The summed E-state index contributed by atoms with van der Waals surface area (Å²) in [6.45, 7) is 2.39. The number of carbonyl (C=O) groups excluding carboxylic acids is 2. The van der Waals surface area contributed by atoms with Crippen molar-refractivity contribution in [3.8, 4) is 5.75 Å². The number of methoxy groups -OCH3 is 1. The van der Waals surface area contributed by atoms with Crippen molar-refractivity contribution in [1.29, 1.82) is 0 Å². The monoisotopic (exact) mass is 412 g/mol. The van der Waals surface area contributed by atoms with Crippen LogP contribution in [0.5, 0.6) is 5.75 Å². The average molecular weight is 412 g/mol. The SMILES string of the molecule is COc1cccc2cc(C(=O)N3CCN(CC(=O)c4cccs4)CC3)c(=O)oc12. The Bertz CT molecular complexity index is 1100. The third-order valence-corrected chi connectivity index (χ3v) is 5.91. The summed E-state index contributed by atoms with van der Waals surface area (Å²) in [5.74, 6) is 0.180. The second-order valence-electron chi connectivity index (χ2n) is 6.79. The molecule has 0 radical (unpaired) electrons. The van der Waals surface area contributed by atoms with Crippen molar-refractivity contribution in [3.05, 3.63) is 62.6 Å². The molecule has 0 unspecified atom stereocenters. The molecule has 2 aromatic heterocycles. The summed E-state index contributed by atoms with van der Waals surface area (Å²) in [5, 5.41) is 2.52. The molecule has 8 heteroatoms. The normalized spacial score (nSPS) is 14.9. The fourth-order valence-corrected chi connectivity index (χ4v) is 4.08. The molecule has 1 aliphatic rings. The molecule has 4 rings (SSSR count). The van der Waals surface area contributed by atoms with Crippen molar-refractivity contribution in [3.63, 3.8) is 0 Å². The van der Waals surface area contributed by atoms with Gasteiger partial charge in [-0.1, -0.05) is 18.2 Å². The second-order valence-corrected chi connectivity index (χ2v) is 7.74. The van der Waals surface area contributed by atoms with E-state index < -0.39 is 5.63 Å². The zero-order valence-corrected chi connectivity index (χ0v) is 16.7. The van der Waals surface area contributed by atoms with Crippen LogP contribution in [0.3, 0.4) is 0 Å². The van der Waals surface area contributed by atoms with Gasteiger partial charge in [0.05, 0.1) is 18.5 Å². The second kappa shape index (κ2) is 8.18. The lowest BCUT2D eigenvalue weighted by atomic mass is 10.1. The summed E-state index contributed by atoms with van der Waals surface area (Å²) in [6, 6.07) is 10.5. The molecule has 0 atom stereocenters. The number of carbonyl (C=O) groups is 2. The zero-order chi connectivity index (χ0) is 20.4. The standard InChI is InChI=1S/C21H20N2O5S/c1-27-17-5-2-4-14-12-15(21(26)28-19(14)17)20(25)23-9-7-22(8-10-23)13-16(24)18-6-3-11-29-18/h2-6,11-12H,7-10,13H2,1H3. The maximum absolute atomic E-state index is 12.9. The van der Waals surface area contributed by atoms with Crippen LogP contribution in [0.1, 0.15) is 20.0 Å². The van der Waals surface area contributed by atoms with E-state index in [0.717, 1.165) is 4.88 Å². The highest BCUT2D eigenvalue weighted by molar-refractivity contribution is 7.12. The molecule has 1 saturated heterocycles. The number of ether oxygens (including phenoxy) is 1. The highest BCUT2D eigenvalue weighted by Gasteiger charge is 2.26. The Balaban J connectivity index is 1.45. The predicted molar refractivity (Wildman–Crippen MR) is 110 cm³/mol. The van der Waals surface area contributed by atoms with Gasteiger partial charge in [0.1, 0.15) is 5.56 Å². The van der Waals surface area contributed by atoms with Crippen molar-refractivity contribution in [2.24, 2.45) is 0 Å². The minimum absolute atomic E-state index is 0.00821. The number of hydrogen-bond donors (Lipinski definition) is 0. The number of rotatable bonds is 5. The Morgan fingerprint density at radius 1 is 1.14 bits per heavy atom. The molecule has 7 nitrogen and oxygen atoms in total. The van der Waals surface area contributed by atoms with Crippen LogP contribution in [0.2, 0.25) is 0 Å².